The third-order valence-corrected chi connectivity index (χ3v) is 7.68. The lowest BCUT2D eigenvalue weighted by atomic mass is 9.73. The van der Waals surface area contributed by atoms with Gasteiger partial charge >= 0.3 is 0 Å². The van der Waals surface area contributed by atoms with Crippen LogP contribution < -0.4 is 4.74 Å². The van der Waals surface area contributed by atoms with Gasteiger partial charge in [0.05, 0.1) is 0 Å². The molecule has 1 spiro atoms. The number of fused-ring (bicyclic) bond motifs is 1. The largest absolute Gasteiger partial charge is 0.492 e. The second-order valence-electron chi connectivity index (χ2n) is 10.7. The van der Waals surface area contributed by atoms with Crippen molar-refractivity contribution in [2.75, 3.05) is 53.4 Å². The molecule has 1 saturated heterocycles. The van der Waals surface area contributed by atoms with Crippen LogP contribution in [0.5, 0.6) is 5.75 Å². The van der Waals surface area contributed by atoms with Gasteiger partial charge in [0.2, 0.25) is 5.91 Å². The molecule has 0 bridgehead atoms. The molecule has 0 N–H and O–H groups in total. The molecule has 3 heterocycles. The van der Waals surface area contributed by atoms with Crippen molar-refractivity contribution in [2.45, 2.75) is 51.5 Å². The quantitative estimate of drug-likeness (QED) is 0.643. The summed E-state index contributed by atoms with van der Waals surface area (Å²) in [6.45, 7) is 6.08. The van der Waals surface area contributed by atoms with Gasteiger partial charge in [-0.15, -0.1) is 0 Å². The molecule has 0 radical (unpaired) electrons. The lowest BCUT2D eigenvalue weighted by Gasteiger charge is -2.45. The number of rotatable bonds is 5. The zero-order valence-corrected chi connectivity index (χ0v) is 21.6. The van der Waals surface area contributed by atoms with Gasteiger partial charge in [-0.2, -0.15) is 0 Å². The Morgan fingerprint density at radius 2 is 1.89 bits per heavy atom. The molecule has 0 aliphatic carbocycles. The first-order valence-electron chi connectivity index (χ1n) is 13.3. The minimum atomic E-state index is 0.249. The number of hydrogen-bond acceptors (Lipinski definition) is 5. The normalized spacial score (nSPS) is 19.5. The van der Waals surface area contributed by atoms with Gasteiger partial charge in [0.15, 0.2) is 0 Å². The van der Waals surface area contributed by atoms with E-state index in [-0.39, 0.29) is 5.41 Å². The van der Waals surface area contributed by atoms with Crippen molar-refractivity contribution in [1.82, 2.24) is 19.7 Å². The summed E-state index contributed by atoms with van der Waals surface area (Å²) in [5.74, 6) is 1.34. The second-order valence-corrected chi connectivity index (χ2v) is 10.7. The minimum absolute atomic E-state index is 0.249. The molecule has 0 atom stereocenters. The molecule has 2 aromatic rings. The van der Waals surface area contributed by atoms with Gasteiger partial charge in [0.1, 0.15) is 12.4 Å². The molecule has 1 fully saturated rings. The number of piperidine rings is 1. The zero-order valence-electron chi connectivity index (χ0n) is 21.6. The van der Waals surface area contributed by atoms with Crippen molar-refractivity contribution >= 4 is 5.91 Å². The smallest absolute Gasteiger partial charge is 0.223 e. The molecule has 190 valence electrons. The number of amides is 1. The van der Waals surface area contributed by atoms with Crippen LogP contribution in [0.2, 0.25) is 0 Å². The van der Waals surface area contributed by atoms with Crippen LogP contribution in [-0.4, -0.2) is 79.0 Å². The number of aryl methyl sites for hydroxylation is 1. The van der Waals surface area contributed by atoms with Crippen molar-refractivity contribution < 1.29 is 9.53 Å². The lowest BCUT2D eigenvalue weighted by Crippen LogP contribution is -2.48. The molecule has 0 saturated carbocycles. The Morgan fingerprint density at radius 1 is 1.06 bits per heavy atom. The highest BCUT2D eigenvalue weighted by Gasteiger charge is 2.37. The molecular formula is C29H42N4O2. The van der Waals surface area contributed by atoms with Crippen LogP contribution in [-0.2, 0) is 17.8 Å². The van der Waals surface area contributed by atoms with E-state index in [9.17, 15) is 4.79 Å². The van der Waals surface area contributed by atoms with E-state index in [1.165, 1.54) is 30.4 Å². The molecule has 6 heteroatoms. The fourth-order valence-corrected chi connectivity index (χ4v) is 5.58. The third-order valence-electron chi connectivity index (χ3n) is 7.68. The first kappa shape index (κ1) is 25.6. The number of aromatic nitrogens is 1. The van der Waals surface area contributed by atoms with E-state index in [0.29, 0.717) is 18.9 Å². The Hall–Kier alpha value is -2.44. The van der Waals surface area contributed by atoms with E-state index >= 15 is 0 Å². The van der Waals surface area contributed by atoms with Crippen molar-refractivity contribution in [3.8, 4) is 5.75 Å². The Kier molecular flexibility index (Phi) is 9.16. The fourth-order valence-electron chi connectivity index (χ4n) is 5.58. The number of nitrogens with zero attached hydrogens (tertiary/aromatic N) is 4. The van der Waals surface area contributed by atoms with Gasteiger partial charge in [-0.05, 0) is 74.9 Å². The van der Waals surface area contributed by atoms with Crippen molar-refractivity contribution in [1.29, 1.82) is 0 Å². The number of para-hydroxylation sites is 1. The summed E-state index contributed by atoms with van der Waals surface area (Å²) in [5, 5.41) is 0. The van der Waals surface area contributed by atoms with Gasteiger partial charge in [-0.1, -0.05) is 30.7 Å². The average molecular weight is 479 g/mol. The minimum Gasteiger partial charge on any atom is -0.492 e. The summed E-state index contributed by atoms with van der Waals surface area (Å²) in [6.07, 6.45) is 11.3. The number of hydrogen-bond donors (Lipinski definition) is 0. The van der Waals surface area contributed by atoms with Crippen molar-refractivity contribution in [2.24, 2.45) is 5.41 Å². The maximum absolute atomic E-state index is 12.8. The van der Waals surface area contributed by atoms with Gasteiger partial charge in [0, 0.05) is 58.1 Å². The molecule has 6 nitrogen and oxygen atoms in total. The zero-order chi connectivity index (χ0) is 24.5. The molecule has 1 aromatic heterocycles. The van der Waals surface area contributed by atoms with Crippen LogP contribution in [0.4, 0.5) is 0 Å². The van der Waals surface area contributed by atoms with Gasteiger partial charge in [-0.25, -0.2) is 0 Å². The fraction of sp³-hybridized carbons (Fsp3) is 0.586. The van der Waals surface area contributed by atoms with Gasteiger partial charge < -0.3 is 14.5 Å². The van der Waals surface area contributed by atoms with Crippen molar-refractivity contribution in [3.63, 3.8) is 0 Å². The second kappa shape index (κ2) is 12.5. The highest BCUT2D eigenvalue weighted by molar-refractivity contribution is 5.76. The highest BCUT2D eigenvalue weighted by atomic mass is 16.5. The van der Waals surface area contributed by atoms with E-state index in [0.717, 1.165) is 64.3 Å². The number of benzene rings is 1. The molecule has 35 heavy (non-hydrogen) atoms. The molecule has 1 amide bonds. The van der Waals surface area contributed by atoms with E-state index in [4.69, 9.17) is 4.74 Å². The average Bonchev–Trinajstić information content (AvgIpc) is 2.86. The lowest BCUT2D eigenvalue weighted by molar-refractivity contribution is -0.134. The van der Waals surface area contributed by atoms with E-state index in [2.05, 4.69) is 50.0 Å². The van der Waals surface area contributed by atoms with Gasteiger partial charge in [0.25, 0.3) is 0 Å². The van der Waals surface area contributed by atoms with Crippen LogP contribution in [0, 0.1) is 5.41 Å². The first-order valence-corrected chi connectivity index (χ1v) is 13.3. The highest BCUT2D eigenvalue weighted by Crippen LogP contribution is 2.39. The van der Waals surface area contributed by atoms with Crippen LogP contribution >= 0.6 is 0 Å². The number of carbonyl (C=O) groups excluding carboxylic acids is 1. The summed E-state index contributed by atoms with van der Waals surface area (Å²) in [7, 11) is 4.06. The number of carbonyl (C=O) groups is 1. The first-order chi connectivity index (χ1) is 17.0. The SMILES string of the molecule is CN(C)CCC(=O)N1CCC2(CCCCc3ccccc3OCCN(Cc3cccnc3)C2)CC1. The molecule has 1 aromatic carbocycles. The monoisotopic (exact) mass is 478 g/mol. The summed E-state index contributed by atoms with van der Waals surface area (Å²) in [4.78, 5) is 23.9. The van der Waals surface area contributed by atoms with E-state index in [1.807, 2.05) is 32.6 Å². The predicted octanol–water partition coefficient (Wildman–Crippen LogP) is 4.25. The van der Waals surface area contributed by atoms with E-state index < -0.39 is 0 Å². The van der Waals surface area contributed by atoms with Crippen LogP contribution in [0.1, 0.15) is 49.7 Å². The Morgan fingerprint density at radius 3 is 2.66 bits per heavy atom. The number of likely N-dealkylation sites (tertiary alicyclic amines) is 1. The molecule has 4 rings (SSSR count). The van der Waals surface area contributed by atoms with Gasteiger partial charge in [-0.3, -0.25) is 14.7 Å². The molecule has 2 aliphatic rings. The number of ether oxygens (including phenoxy) is 1. The van der Waals surface area contributed by atoms with Crippen LogP contribution in [0.15, 0.2) is 48.8 Å². The number of pyridine rings is 1. The maximum Gasteiger partial charge on any atom is 0.223 e. The van der Waals surface area contributed by atoms with Crippen molar-refractivity contribution in [3.05, 3.63) is 59.9 Å². The third kappa shape index (κ3) is 7.52. The summed E-state index contributed by atoms with van der Waals surface area (Å²) in [5.41, 5.74) is 2.81. The Labute approximate surface area is 211 Å². The molecule has 0 unspecified atom stereocenters. The summed E-state index contributed by atoms with van der Waals surface area (Å²) >= 11 is 0. The predicted molar refractivity (Wildman–Crippen MR) is 140 cm³/mol. The van der Waals surface area contributed by atoms with E-state index in [1.54, 1.807) is 0 Å². The van der Waals surface area contributed by atoms with Crippen LogP contribution in [0.25, 0.3) is 0 Å². The Bertz CT molecular complexity index is 925. The molecular weight excluding hydrogens is 436 g/mol. The topological polar surface area (TPSA) is 48.9 Å². The molecule has 2 aliphatic heterocycles. The van der Waals surface area contributed by atoms with Crippen LogP contribution in [0.3, 0.4) is 0 Å². The maximum atomic E-state index is 12.8. The summed E-state index contributed by atoms with van der Waals surface area (Å²) in [6, 6.07) is 12.7. The standard InChI is InChI=1S/C29H42N4O2/c1-31(2)17-12-28(34)33-18-14-29(15-19-33)13-6-5-10-26-9-3-4-11-27(26)35-21-20-32(24-29)23-25-8-7-16-30-22-25/h3-4,7-9,11,16,22H,5-6,10,12-15,17-21,23-24H2,1-2H3. The summed E-state index contributed by atoms with van der Waals surface area (Å²) < 4.78 is 6.28. The Balaban J connectivity index is 1.47.